The molecule has 0 saturated heterocycles. The molecule has 0 N–H and O–H groups in total. The molecule has 4 rings (SSSR count). The number of imidazole rings is 1. The van der Waals surface area contributed by atoms with Crippen molar-refractivity contribution < 1.29 is 22.6 Å². The zero-order valence-electron chi connectivity index (χ0n) is 17.0. The van der Waals surface area contributed by atoms with Crippen LogP contribution in [-0.4, -0.2) is 38.6 Å². The summed E-state index contributed by atoms with van der Waals surface area (Å²) < 4.78 is 54.5. The summed E-state index contributed by atoms with van der Waals surface area (Å²) in [6.45, 7) is 1.40. The van der Waals surface area contributed by atoms with E-state index in [9.17, 15) is 13.2 Å². The van der Waals surface area contributed by atoms with Gasteiger partial charge in [-0.3, -0.25) is 0 Å². The summed E-state index contributed by atoms with van der Waals surface area (Å²) in [6, 6.07) is 2.29. The molecule has 3 aromatic heterocycles. The van der Waals surface area contributed by atoms with Gasteiger partial charge in [0.05, 0.1) is 19.4 Å². The number of nitrogens with zero attached hydrogens (tertiary/aromatic N) is 5. The van der Waals surface area contributed by atoms with E-state index < -0.39 is 17.5 Å². The van der Waals surface area contributed by atoms with Gasteiger partial charge in [0.2, 0.25) is 5.82 Å². The normalized spacial score (nSPS) is 11.3. The molecular formula is C21H18F3N5O2. The SMILES string of the molecule is COCc1nc(-c2cn3ccnc3c(Cc3cc(F)c(C)cc3F)n2)nc(OC)c1F. The summed E-state index contributed by atoms with van der Waals surface area (Å²) in [7, 11) is 2.70. The summed E-state index contributed by atoms with van der Waals surface area (Å²) in [5, 5.41) is 0. The summed E-state index contributed by atoms with van der Waals surface area (Å²) in [5.41, 5.74) is 1.48. The second-order valence-electron chi connectivity index (χ2n) is 6.85. The maximum Gasteiger partial charge on any atom is 0.254 e. The lowest BCUT2D eigenvalue weighted by molar-refractivity contribution is 0.176. The van der Waals surface area contributed by atoms with Crippen LogP contribution in [0.5, 0.6) is 5.88 Å². The molecule has 0 spiro atoms. The fourth-order valence-electron chi connectivity index (χ4n) is 3.18. The Bertz CT molecular complexity index is 1280. The number of hydrogen-bond acceptors (Lipinski definition) is 6. The predicted octanol–water partition coefficient (Wildman–Crippen LogP) is 3.66. The van der Waals surface area contributed by atoms with Gasteiger partial charge in [0.15, 0.2) is 11.5 Å². The van der Waals surface area contributed by atoms with Crippen LogP contribution < -0.4 is 4.74 Å². The van der Waals surface area contributed by atoms with Crippen LogP contribution in [0.3, 0.4) is 0 Å². The lowest BCUT2D eigenvalue weighted by Crippen LogP contribution is -2.08. The third-order valence-corrected chi connectivity index (χ3v) is 4.72. The number of rotatable bonds is 6. The molecule has 0 bridgehead atoms. The number of aromatic nitrogens is 5. The lowest BCUT2D eigenvalue weighted by Gasteiger charge is -2.11. The van der Waals surface area contributed by atoms with Crippen molar-refractivity contribution in [3.8, 4) is 17.4 Å². The Kier molecular flexibility index (Phi) is 5.55. The van der Waals surface area contributed by atoms with Crippen molar-refractivity contribution in [1.82, 2.24) is 24.3 Å². The van der Waals surface area contributed by atoms with E-state index in [2.05, 4.69) is 19.9 Å². The maximum absolute atomic E-state index is 14.4. The van der Waals surface area contributed by atoms with Crippen LogP contribution in [0.15, 0.2) is 30.7 Å². The lowest BCUT2D eigenvalue weighted by atomic mass is 10.1. The Labute approximate surface area is 175 Å². The molecule has 4 aromatic rings. The van der Waals surface area contributed by atoms with Gasteiger partial charge in [0.25, 0.3) is 5.88 Å². The molecule has 0 fully saturated rings. The van der Waals surface area contributed by atoms with Gasteiger partial charge in [0, 0.05) is 32.1 Å². The van der Waals surface area contributed by atoms with Gasteiger partial charge >= 0.3 is 0 Å². The number of fused-ring (bicyclic) bond motifs is 1. The maximum atomic E-state index is 14.4. The summed E-state index contributed by atoms with van der Waals surface area (Å²) in [5.74, 6) is -1.94. The van der Waals surface area contributed by atoms with Gasteiger partial charge in [-0.1, -0.05) is 0 Å². The minimum absolute atomic E-state index is 0.00470. The Hall–Kier alpha value is -3.53. The van der Waals surface area contributed by atoms with E-state index in [4.69, 9.17) is 9.47 Å². The first-order chi connectivity index (χ1) is 14.9. The Morgan fingerprint density at radius 3 is 2.55 bits per heavy atom. The van der Waals surface area contributed by atoms with Crippen molar-refractivity contribution in [1.29, 1.82) is 0 Å². The fourth-order valence-corrected chi connectivity index (χ4v) is 3.18. The van der Waals surface area contributed by atoms with Crippen LogP contribution in [0.25, 0.3) is 17.2 Å². The van der Waals surface area contributed by atoms with Gasteiger partial charge in [-0.25, -0.2) is 23.7 Å². The van der Waals surface area contributed by atoms with Crippen molar-refractivity contribution in [2.75, 3.05) is 14.2 Å². The van der Waals surface area contributed by atoms with Crippen LogP contribution >= 0.6 is 0 Å². The monoisotopic (exact) mass is 429 g/mol. The largest absolute Gasteiger partial charge is 0.479 e. The van der Waals surface area contributed by atoms with Crippen molar-refractivity contribution in [3.05, 3.63) is 70.7 Å². The van der Waals surface area contributed by atoms with Gasteiger partial charge in [-0.15, -0.1) is 0 Å². The third kappa shape index (κ3) is 3.93. The highest BCUT2D eigenvalue weighted by Gasteiger charge is 2.19. The van der Waals surface area contributed by atoms with Crippen LogP contribution in [0, 0.1) is 24.4 Å². The topological polar surface area (TPSA) is 74.4 Å². The van der Waals surface area contributed by atoms with Gasteiger partial charge in [-0.05, 0) is 30.2 Å². The highest BCUT2D eigenvalue weighted by molar-refractivity contribution is 5.56. The summed E-state index contributed by atoms with van der Waals surface area (Å²) in [4.78, 5) is 17.1. The second kappa shape index (κ2) is 8.31. The molecule has 0 aliphatic heterocycles. The minimum atomic E-state index is -0.728. The van der Waals surface area contributed by atoms with Gasteiger partial charge < -0.3 is 13.9 Å². The molecule has 31 heavy (non-hydrogen) atoms. The molecule has 0 unspecified atom stereocenters. The number of ether oxygens (including phenoxy) is 2. The van der Waals surface area contributed by atoms with Gasteiger partial charge in [-0.2, -0.15) is 9.37 Å². The molecule has 0 amide bonds. The van der Waals surface area contributed by atoms with E-state index >= 15 is 0 Å². The first-order valence-electron chi connectivity index (χ1n) is 9.28. The van der Waals surface area contributed by atoms with Crippen molar-refractivity contribution in [2.24, 2.45) is 0 Å². The molecule has 0 atom stereocenters. The fraction of sp³-hybridized carbons (Fsp3) is 0.238. The summed E-state index contributed by atoms with van der Waals surface area (Å²) in [6.07, 6.45) is 4.83. The smallest absolute Gasteiger partial charge is 0.254 e. The number of aryl methyl sites for hydroxylation is 1. The Morgan fingerprint density at radius 2 is 1.81 bits per heavy atom. The number of methoxy groups -OCH3 is 2. The average Bonchev–Trinajstić information content (AvgIpc) is 3.22. The predicted molar refractivity (Wildman–Crippen MR) is 105 cm³/mol. The van der Waals surface area contributed by atoms with E-state index in [0.717, 1.165) is 12.1 Å². The van der Waals surface area contributed by atoms with E-state index in [-0.39, 0.29) is 47.2 Å². The number of hydrogen-bond donors (Lipinski definition) is 0. The highest BCUT2D eigenvalue weighted by Crippen LogP contribution is 2.25. The van der Waals surface area contributed by atoms with E-state index in [0.29, 0.717) is 11.3 Å². The van der Waals surface area contributed by atoms with Crippen LogP contribution in [0.1, 0.15) is 22.5 Å². The zero-order chi connectivity index (χ0) is 22.1. The van der Waals surface area contributed by atoms with Crippen LogP contribution in [0.4, 0.5) is 13.2 Å². The average molecular weight is 429 g/mol. The molecule has 3 heterocycles. The molecule has 0 radical (unpaired) electrons. The molecule has 7 nitrogen and oxygen atoms in total. The van der Waals surface area contributed by atoms with E-state index in [1.54, 1.807) is 23.0 Å². The molecule has 10 heteroatoms. The van der Waals surface area contributed by atoms with Crippen molar-refractivity contribution >= 4 is 5.65 Å². The quantitative estimate of drug-likeness (QED) is 0.466. The van der Waals surface area contributed by atoms with E-state index in [1.807, 2.05) is 0 Å². The van der Waals surface area contributed by atoms with E-state index in [1.165, 1.54) is 21.1 Å². The Balaban J connectivity index is 1.85. The third-order valence-electron chi connectivity index (χ3n) is 4.72. The molecule has 0 aliphatic carbocycles. The first-order valence-corrected chi connectivity index (χ1v) is 9.28. The zero-order valence-corrected chi connectivity index (χ0v) is 17.0. The highest BCUT2D eigenvalue weighted by atomic mass is 19.1. The summed E-state index contributed by atoms with van der Waals surface area (Å²) >= 11 is 0. The van der Waals surface area contributed by atoms with Crippen LogP contribution in [-0.2, 0) is 17.8 Å². The minimum Gasteiger partial charge on any atom is -0.479 e. The van der Waals surface area contributed by atoms with Crippen molar-refractivity contribution in [2.45, 2.75) is 20.0 Å². The van der Waals surface area contributed by atoms with Crippen molar-refractivity contribution in [3.63, 3.8) is 0 Å². The molecule has 0 aliphatic rings. The molecular weight excluding hydrogens is 411 g/mol. The Morgan fingerprint density at radius 1 is 1.00 bits per heavy atom. The first kappa shape index (κ1) is 20.7. The van der Waals surface area contributed by atoms with Gasteiger partial charge in [0.1, 0.15) is 23.0 Å². The number of benzene rings is 1. The molecule has 1 aromatic carbocycles. The van der Waals surface area contributed by atoms with Crippen LogP contribution in [0.2, 0.25) is 0 Å². The standard InChI is InChI=1S/C21H18F3N5O2/c1-11-6-14(23)12(7-13(11)22)8-15-20-25-4-5-29(20)9-16(26-15)19-27-17(10-30-2)18(24)21(28-19)31-3/h4-7,9H,8,10H2,1-3H3. The molecule has 160 valence electrons. The molecule has 0 saturated carbocycles. The number of halogens is 3. The second-order valence-corrected chi connectivity index (χ2v) is 6.85.